The maximum Gasteiger partial charge on any atom is 0.332 e. The van der Waals surface area contributed by atoms with Crippen molar-refractivity contribution in [1.29, 1.82) is 0 Å². The summed E-state index contributed by atoms with van der Waals surface area (Å²) in [6.07, 6.45) is 14.4. The van der Waals surface area contributed by atoms with Crippen molar-refractivity contribution in [2.75, 3.05) is 6.61 Å². The highest BCUT2D eigenvalue weighted by Crippen LogP contribution is 2.55. The molecule has 0 aromatic heterocycles. The highest BCUT2D eigenvalue weighted by atomic mass is 16.6. The summed E-state index contributed by atoms with van der Waals surface area (Å²) in [5.41, 5.74) is 4.66. The van der Waals surface area contributed by atoms with Gasteiger partial charge < -0.3 is 19.7 Å². The van der Waals surface area contributed by atoms with E-state index in [1.54, 1.807) is 5.57 Å². The number of hydrogen-bond acceptors (Lipinski definition) is 5. The summed E-state index contributed by atoms with van der Waals surface area (Å²) >= 11 is 0. The molecule has 0 heterocycles. The van der Waals surface area contributed by atoms with Gasteiger partial charge in [0.2, 0.25) is 0 Å². The minimum atomic E-state index is -1.60. The van der Waals surface area contributed by atoms with E-state index in [1.807, 2.05) is 6.08 Å². The van der Waals surface area contributed by atoms with Crippen molar-refractivity contribution in [3.8, 4) is 0 Å². The minimum Gasteiger partial charge on any atom is -0.461 e. The molecule has 4 aliphatic carbocycles. The number of fused-ring (bicyclic) bond motifs is 1. The number of rotatable bonds is 6. The quantitative estimate of drug-likeness (QED) is 0.348. The normalized spacial score (nSPS) is 37.9. The van der Waals surface area contributed by atoms with E-state index in [-0.39, 0.29) is 31.0 Å². The van der Waals surface area contributed by atoms with E-state index in [0.29, 0.717) is 11.5 Å². The van der Waals surface area contributed by atoms with Crippen molar-refractivity contribution in [2.45, 2.75) is 96.1 Å². The van der Waals surface area contributed by atoms with Gasteiger partial charge in [0.25, 0.3) is 0 Å². The van der Waals surface area contributed by atoms with Crippen LogP contribution in [0.3, 0.4) is 0 Å². The van der Waals surface area contributed by atoms with Gasteiger partial charge >= 0.3 is 5.97 Å². The van der Waals surface area contributed by atoms with Gasteiger partial charge in [0.15, 0.2) is 5.79 Å². The molecule has 3 fully saturated rings. The molecular weight excluding hydrogens is 404 g/mol. The lowest BCUT2D eigenvalue weighted by Gasteiger charge is -2.41. The van der Waals surface area contributed by atoms with Crippen LogP contribution >= 0.6 is 0 Å². The van der Waals surface area contributed by atoms with Crippen molar-refractivity contribution >= 4 is 5.97 Å². The fraction of sp³-hybridized carbons (Fsp3) is 0.667. The van der Waals surface area contributed by atoms with Crippen LogP contribution in [-0.2, 0) is 14.3 Å². The number of carbonyl (C=O) groups is 1. The SMILES string of the molecule is C=C1C(=CC=C2CCC[C@]3(C)C(CC)=CC[C@@H]23)C[C@](O)(OCC(=O)OC2CCC2)C[C@@H]1O. The Kier molecular flexibility index (Phi) is 6.81. The van der Waals surface area contributed by atoms with Gasteiger partial charge in [0.1, 0.15) is 12.7 Å². The van der Waals surface area contributed by atoms with Crippen LogP contribution in [0.15, 0.2) is 47.1 Å². The molecule has 0 aromatic carbocycles. The van der Waals surface area contributed by atoms with Crippen LogP contribution in [0.1, 0.15) is 78.1 Å². The van der Waals surface area contributed by atoms with Crippen molar-refractivity contribution in [3.05, 3.63) is 47.1 Å². The summed E-state index contributed by atoms with van der Waals surface area (Å²) in [4.78, 5) is 12.0. The van der Waals surface area contributed by atoms with E-state index in [1.165, 1.54) is 18.4 Å². The molecule has 0 radical (unpaired) electrons. The maximum atomic E-state index is 12.0. The third-order valence-electron chi connectivity index (χ3n) is 8.19. The number of aliphatic hydroxyl groups is 2. The fourth-order valence-corrected chi connectivity index (χ4v) is 5.96. The summed E-state index contributed by atoms with van der Waals surface area (Å²) in [6.45, 7) is 8.38. The molecule has 0 saturated heterocycles. The Morgan fingerprint density at radius 2 is 2.09 bits per heavy atom. The third kappa shape index (κ3) is 4.66. The van der Waals surface area contributed by atoms with Gasteiger partial charge in [-0.2, -0.15) is 0 Å². The van der Waals surface area contributed by atoms with E-state index in [4.69, 9.17) is 9.47 Å². The van der Waals surface area contributed by atoms with Gasteiger partial charge in [0, 0.05) is 12.8 Å². The van der Waals surface area contributed by atoms with Crippen LogP contribution in [-0.4, -0.2) is 40.8 Å². The van der Waals surface area contributed by atoms with E-state index in [0.717, 1.165) is 44.1 Å². The third-order valence-corrected chi connectivity index (χ3v) is 8.19. The Morgan fingerprint density at radius 3 is 2.78 bits per heavy atom. The Bertz CT molecular complexity index is 848. The largest absolute Gasteiger partial charge is 0.461 e. The van der Waals surface area contributed by atoms with E-state index in [9.17, 15) is 15.0 Å². The van der Waals surface area contributed by atoms with E-state index >= 15 is 0 Å². The van der Waals surface area contributed by atoms with Gasteiger partial charge in [-0.25, -0.2) is 4.79 Å². The Hall–Kier alpha value is -1.69. The average Bonchev–Trinajstić information content (AvgIpc) is 3.07. The molecule has 0 spiro atoms. The minimum absolute atomic E-state index is 0.000922. The number of esters is 1. The van der Waals surface area contributed by atoms with Crippen molar-refractivity contribution in [1.82, 2.24) is 0 Å². The number of allylic oxidation sites excluding steroid dienone is 5. The molecule has 3 saturated carbocycles. The summed E-state index contributed by atoms with van der Waals surface area (Å²) < 4.78 is 10.9. The molecule has 0 unspecified atom stereocenters. The number of ether oxygens (including phenoxy) is 2. The number of hydrogen-bond donors (Lipinski definition) is 2. The van der Waals surface area contributed by atoms with Gasteiger partial charge in [-0.1, -0.05) is 49.8 Å². The topological polar surface area (TPSA) is 76.0 Å². The lowest BCUT2D eigenvalue weighted by Crippen LogP contribution is -2.43. The standard InChI is InChI=1S/C27H38O5/c1-4-21-12-13-23-19(7-6-14-26(21,23)3)10-11-20-15-27(30,16-24(28)18(20)2)31-17-25(29)32-22-8-5-9-22/h10-12,22-24,28,30H,2,4-9,13-17H2,1,3H3/t23-,24-,26+,27-/m0/s1. The molecule has 0 amide bonds. The van der Waals surface area contributed by atoms with Crippen LogP contribution in [0, 0.1) is 11.3 Å². The zero-order valence-electron chi connectivity index (χ0n) is 19.6. The van der Waals surface area contributed by atoms with Crippen molar-refractivity contribution in [3.63, 3.8) is 0 Å². The summed E-state index contributed by atoms with van der Waals surface area (Å²) in [5, 5.41) is 21.5. The van der Waals surface area contributed by atoms with Crippen LogP contribution in [0.4, 0.5) is 0 Å². The number of aliphatic hydroxyl groups excluding tert-OH is 1. The molecular formula is C27H38O5. The fourth-order valence-electron chi connectivity index (χ4n) is 5.96. The first-order valence-electron chi connectivity index (χ1n) is 12.3. The molecule has 32 heavy (non-hydrogen) atoms. The van der Waals surface area contributed by atoms with Crippen LogP contribution < -0.4 is 0 Å². The highest BCUT2D eigenvalue weighted by Gasteiger charge is 2.44. The lowest BCUT2D eigenvalue weighted by molar-refractivity contribution is -0.227. The van der Waals surface area contributed by atoms with E-state index in [2.05, 4.69) is 32.6 Å². The average molecular weight is 443 g/mol. The monoisotopic (exact) mass is 442 g/mol. The van der Waals surface area contributed by atoms with Crippen molar-refractivity contribution in [2.24, 2.45) is 11.3 Å². The highest BCUT2D eigenvalue weighted by molar-refractivity contribution is 5.71. The summed E-state index contributed by atoms with van der Waals surface area (Å²) in [5.74, 6) is -1.53. The summed E-state index contributed by atoms with van der Waals surface area (Å²) in [6, 6.07) is 0. The maximum absolute atomic E-state index is 12.0. The molecule has 5 nitrogen and oxygen atoms in total. The van der Waals surface area contributed by atoms with E-state index < -0.39 is 17.9 Å². The molecule has 2 N–H and O–H groups in total. The number of carbonyl (C=O) groups excluding carboxylic acids is 1. The molecule has 4 atom stereocenters. The van der Waals surface area contributed by atoms with Crippen LogP contribution in [0.2, 0.25) is 0 Å². The Morgan fingerprint density at radius 1 is 1.31 bits per heavy atom. The zero-order valence-corrected chi connectivity index (χ0v) is 19.6. The van der Waals surface area contributed by atoms with Crippen molar-refractivity contribution < 1.29 is 24.5 Å². The first-order valence-corrected chi connectivity index (χ1v) is 12.3. The molecule has 176 valence electrons. The zero-order chi connectivity index (χ0) is 22.9. The molecule has 0 aliphatic heterocycles. The van der Waals surface area contributed by atoms with Crippen LogP contribution in [0.25, 0.3) is 0 Å². The first-order chi connectivity index (χ1) is 15.2. The molecule has 0 aromatic rings. The molecule has 5 heteroatoms. The second kappa shape index (κ2) is 9.28. The van der Waals surface area contributed by atoms with Gasteiger partial charge in [0.05, 0.1) is 6.10 Å². The molecule has 4 aliphatic rings. The lowest BCUT2D eigenvalue weighted by atomic mass is 9.64. The van der Waals surface area contributed by atoms with Gasteiger partial charge in [-0.3, -0.25) is 0 Å². The Balaban J connectivity index is 1.44. The van der Waals surface area contributed by atoms with Gasteiger partial charge in [-0.15, -0.1) is 0 Å². The smallest absolute Gasteiger partial charge is 0.332 e. The van der Waals surface area contributed by atoms with Gasteiger partial charge in [-0.05, 0) is 73.8 Å². The predicted molar refractivity (Wildman–Crippen MR) is 124 cm³/mol. The summed E-state index contributed by atoms with van der Waals surface area (Å²) in [7, 11) is 0. The second-order valence-electron chi connectivity index (χ2n) is 10.3. The first kappa shape index (κ1) is 23.5. The Labute approximate surface area is 191 Å². The van der Waals surface area contributed by atoms with Crippen LogP contribution in [0.5, 0.6) is 0 Å². The molecule has 4 rings (SSSR count). The molecule has 0 bridgehead atoms. The predicted octanol–water partition coefficient (Wildman–Crippen LogP) is 4.90. The second-order valence-corrected chi connectivity index (χ2v) is 10.3.